The van der Waals surface area contributed by atoms with Crippen molar-refractivity contribution in [2.24, 2.45) is 0 Å². The first kappa shape index (κ1) is 15.7. The maximum atomic E-state index is 11.9. The van der Waals surface area contributed by atoms with Crippen LogP contribution in [0.15, 0.2) is 42.5 Å². The summed E-state index contributed by atoms with van der Waals surface area (Å²) in [5, 5.41) is 2.84. The summed E-state index contributed by atoms with van der Waals surface area (Å²) >= 11 is 0. The monoisotopic (exact) mass is 300 g/mol. The van der Waals surface area contributed by atoms with Gasteiger partial charge in [-0.05, 0) is 48.4 Å². The number of benzene rings is 2. The Labute approximate surface area is 130 Å². The van der Waals surface area contributed by atoms with Gasteiger partial charge in [-0.25, -0.2) is 0 Å². The number of amides is 1. The predicted molar refractivity (Wildman–Crippen MR) is 87.4 cm³/mol. The van der Waals surface area contributed by atoms with E-state index in [2.05, 4.69) is 5.32 Å². The lowest BCUT2D eigenvalue weighted by atomic mass is 10.1. The lowest BCUT2D eigenvalue weighted by Crippen LogP contribution is -2.12. The summed E-state index contributed by atoms with van der Waals surface area (Å²) in [6, 6.07) is 12.7. The zero-order valence-corrected chi connectivity index (χ0v) is 12.8. The van der Waals surface area contributed by atoms with Crippen molar-refractivity contribution in [2.45, 2.75) is 12.8 Å². The number of ether oxygens (including phenoxy) is 2. The highest BCUT2D eigenvalue weighted by Crippen LogP contribution is 2.28. The minimum atomic E-state index is -0.0421. The van der Waals surface area contributed by atoms with Crippen LogP contribution in [0.5, 0.6) is 11.5 Å². The first-order valence-corrected chi connectivity index (χ1v) is 6.98. The van der Waals surface area contributed by atoms with Crippen LogP contribution in [0.25, 0.3) is 0 Å². The van der Waals surface area contributed by atoms with Crippen LogP contribution in [0, 0.1) is 0 Å². The molecule has 5 nitrogen and oxygen atoms in total. The fourth-order valence-electron chi connectivity index (χ4n) is 2.08. The maximum absolute atomic E-state index is 11.9. The lowest BCUT2D eigenvalue weighted by molar-refractivity contribution is -0.116. The summed E-state index contributed by atoms with van der Waals surface area (Å²) in [6.07, 6.45) is 1.01. The molecule has 5 heteroatoms. The van der Waals surface area contributed by atoms with Gasteiger partial charge in [0.25, 0.3) is 0 Å². The summed E-state index contributed by atoms with van der Waals surface area (Å²) in [7, 11) is 3.19. The van der Waals surface area contributed by atoms with Gasteiger partial charge >= 0.3 is 0 Å². The van der Waals surface area contributed by atoms with Crippen molar-refractivity contribution in [1.82, 2.24) is 0 Å². The number of nitrogen functional groups attached to an aromatic ring is 1. The molecule has 116 valence electrons. The molecule has 0 bridgehead atoms. The normalized spacial score (nSPS) is 10.1. The van der Waals surface area contributed by atoms with Crippen LogP contribution in [-0.2, 0) is 11.2 Å². The van der Waals surface area contributed by atoms with Gasteiger partial charge in [0.1, 0.15) is 0 Å². The average Bonchev–Trinajstić information content (AvgIpc) is 2.54. The molecule has 2 aromatic carbocycles. The molecule has 0 radical (unpaired) electrons. The second-order valence-electron chi connectivity index (χ2n) is 4.86. The Balaban J connectivity index is 1.92. The molecule has 0 saturated heterocycles. The molecule has 0 aliphatic heterocycles. The van der Waals surface area contributed by atoms with Crippen LogP contribution >= 0.6 is 0 Å². The molecule has 2 rings (SSSR count). The largest absolute Gasteiger partial charge is 0.493 e. The molecule has 0 aliphatic carbocycles. The summed E-state index contributed by atoms with van der Waals surface area (Å²) in [5.41, 5.74) is 8.04. The molecule has 2 aromatic rings. The van der Waals surface area contributed by atoms with Gasteiger partial charge in [0.2, 0.25) is 5.91 Å². The summed E-state index contributed by atoms with van der Waals surface area (Å²) in [4.78, 5) is 11.9. The van der Waals surface area contributed by atoms with Crippen molar-refractivity contribution in [3.63, 3.8) is 0 Å². The number of nitrogens with two attached hydrogens (primary N) is 1. The zero-order valence-electron chi connectivity index (χ0n) is 12.8. The molecule has 0 unspecified atom stereocenters. The second kappa shape index (κ2) is 7.36. The van der Waals surface area contributed by atoms with E-state index in [0.29, 0.717) is 30.0 Å². The summed E-state index contributed by atoms with van der Waals surface area (Å²) in [6.45, 7) is 0. The number of hydrogen-bond acceptors (Lipinski definition) is 4. The SMILES string of the molecule is COc1ccc(CCC(=O)Nc2ccc(N)cc2)cc1OC. The van der Waals surface area contributed by atoms with Crippen LogP contribution in [0.2, 0.25) is 0 Å². The maximum Gasteiger partial charge on any atom is 0.224 e. The van der Waals surface area contributed by atoms with Gasteiger partial charge in [0.15, 0.2) is 11.5 Å². The van der Waals surface area contributed by atoms with E-state index in [9.17, 15) is 4.79 Å². The third-order valence-corrected chi connectivity index (χ3v) is 3.28. The number of carbonyl (C=O) groups is 1. The van der Waals surface area contributed by atoms with Crippen molar-refractivity contribution in [3.05, 3.63) is 48.0 Å². The Morgan fingerprint density at radius 1 is 1.05 bits per heavy atom. The van der Waals surface area contributed by atoms with Gasteiger partial charge in [-0.1, -0.05) is 6.07 Å². The van der Waals surface area contributed by atoms with Gasteiger partial charge in [0.05, 0.1) is 14.2 Å². The summed E-state index contributed by atoms with van der Waals surface area (Å²) in [5.74, 6) is 1.30. The van der Waals surface area contributed by atoms with Crippen LogP contribution in [-0.4, -0.2) is 20.1 Å². The Bertz CT molecular complexity index is 639. The Hall–Kier alpha value is -2.69. The molecule has 0 spiro atoms. The molecular weight excluding hydrogens is 280 g/mol. The molecule has 22 heavy (non-hydrogen) atoms. The number of rotatable bonds is 6. The quantitative estimate of drug-likeness (QED) is 0.805. The minimum Gasteiger partial charge on any atom is -0.493 e. The third-order valence-electron chi connectivity index (χ3n) is 3.28. The Kier molecular flexibility index (Phi) is 5.25. The molecule has 0 aliphatic rings. The average molecular weight is 300 g/mol. The van der Waals surface area contributed by atoms with Crippen LogP contribution in [0.3, 0.4) is 0 Å². The van der Waals surface area contributed by atoms with Gasteiger partial charge in [0, 0.05) is 17.8 Å². The highest BCUT2D eigenvalue weighted by molar-refractivity contribution is 5.91. The Morgan fingerprint density at radius 2 is 1.73 bits per heavy atom. The van der Waals surface area contributed by atoms with E-state index >= 15 is 0 Å². The highest BCUT2D eigenvalue weighted by Gasteiger charge is 2.07. The molecule has 0 saturated carbocycles. The van der Waals surface area contributed by atoms with Crippen LogP contribution in [0.4, 0.5) is 11.4 Å². The van der Waals surface area contributed by atoms with Crippen molar-refractivity contribution in [1.29, 1.82) is 0 Å². The van der Waals surface area contributed by atoms with Crippen molar-refractivity contribution >= 4 is 17.3 Å². The van der Waals surface area contributed by atoms with E-state index < -0.39 is 0 Å². The number of carbonyl (C=O) groups excluding carboxylic acids is 1. The smallest absolute Gasteiger partial charge is 0.224 e. The van der Waals surface area contributed by atoms with E-state index in [1.54, 1.807) is 38.5 Å². The topological polar surface area (TPSA) is 73.6 Å². The highest BCUT2D eigenvalue weighted by atomic mass is 16.5. The van der Waals surface area contributed by atoms with Gasteiger partial charge in [-0.3, -0.25) is 4.79 Å². The molecule has 0 fully saturated rings. The zero-order chi connectivity index (χ0) is 15.9. The molecule has 1 amide bonds. The number of anilines is 2. The number of aryl methyl sites for hydroxylation is 1. The van der Waals surface area contributed by atoms with Crippen molar-refractivity contribution in [2.75, 3.05) is 25.3 Å². The minimum absolute atomic E-state index is 0.0421. The fourth-order valence-corrected chi connectivity index (χ4v) is 2.08. The van der Waals surface area contributed by atoms with Crippen molar-refractivity contribution in [3.8, 4) is 11.5 Å². The van der Waals surface area contributed by atoms with Gasteiger partial charge < -0.3 is 20.5 Å². The Morgan fingerprint density at radius 3 is 2.36 bits per heavy atom. The number of methoxy groups -OCH3 is 2. The second-order valence-corrected chi connectivity index (χ2v) is 4.86. The first-order valence-electron chi connectivity index (χ1n) is 6.98. The molecule has 3 N–H and O–H groups in total. The van der Waals surface area contributed by atoms with E-state index in [4.69, 9.17) is 15.2 Å². The van der Waals surface area contributed by atoms with E-state index in [1.165, 1.54) is 0 Å². The summed E-state index contributed by atoms with van der Waals surface area (Å²) < 4.78 is 10.4. The number of hydrogen-bond donors (Lipinski definition) is 2. The third kappa shape index (κ3) is 4.15. The van der Waals surface area contributed by atoms with Crippen LogP contribution < -0.4 is 20.5 Å². The number of nitrogens with one attached hydrogen (secondary N) is 1. The van der Waals surface area contributed by atoms with Gasteiger partial charge in [-0.2, -0.15) is 0 Å². The van der Waals surface area contributed by atoms with E-state index in [1.807, 2.05) is 18.2 Å². The van der Waals surface area contributed by atoms with Crippen LogP contribution in [0.1, 0.15) is 12.0 Å². The molecule has 0 aromatic heterocycles. The fraction of sp³-hybridized carbons (Fsp3) is 0.235. The molecule has 0 atom stereocenters. The standard InChI is InChI=1S/C17H20N2O3/c1-21-15-9-3-12(11-16(15)22-2)4-10-17(20)19-14-7-5-13(18)6-8-14/h3,5-9,11H,4,10,18H2,1-2H3,(H,19,20). The molecule has 0 heterocycles. The van der Waals surface area contributed by atoms with Gasteiger partial charge in [-0.15, -0.1) is 0 Å². The lowest BCUT2D eigenvalue weighted by Gasteiger charge is -2.10. The van der Waals surface area contributed by atoms with E-state index in [-0.39, 0.29) is 5.91 Å². The predicted octanol–water partition coefficient (Wildman–Crippen LogP) is 2.86. The van der Waals surface area contributed by atoms with Crippen molar-refractivity contribution < 1.29 is 14.3 Å². The first-order chi connectivity index (χ1) is 10.6. The molecular formula is C17H20N2O3. The van der Waals surface area contributed by atoms with E-state index in [0.717, 1.165) is 11.3 Å².